The van der Waals surface area contributed by atoms with E-state index in [2.05, 4.69) is 15.6 Å². The van der Waals surface area contributed by atoms with Crippen molar-refractivity contribution in [3.05, 3.63) is 111 Å². The highest BCUT2D eigenvalue weighted by molar-refractivity contribution is 6.37. The van der Waals surface area contributed by atoms with E-state index in [9.17, 15) is 14.9 Å². The van der Waals surface area contributed by atoms with Crippen molar-refractivity contribution in [1.29, 1.82) is 5.26 Å². The van der Waals surface area contributed by atoms with E-state index in [4.69, 9.17) is 23.2 Å². The molecule has 0 saturated heterocycles. The first-order valence-corrected chi connectivity index (χ1v) is 11.1. The summed E-state index contributed by atoms with van der Waals surface area (Å²) < 4.78 is 0. The van der Waals surface area contributed by atoms with Crippen LogP contribution in [0.15, 0.2) is 83.4 Å². The molecular formula is C26H18Cl2N4O2. The van der Waals surface area contributed by atoms with Crippen molar-refractivity contribution < 1.29 is 9.59 Å². The van der Waals surface area contributed by atoms with Crippen LogP contribution in [0, 0.1) is 11.3 Å². The topological polar surface area (TPSA) is 94.3 Å². The fraction of sp³-hybridized carbons (Fsp3) is 0.0769. The molecule has 1 heterocycles. The molecule has 6 nitrogen and oxygen atoms in total. The fourth-order valence-corrected chi connectivity index (χ4v) is 4.06. The summed E-state index contributed by atoms with van der Waals surface area (Å²) in [7, 11) is 0. The second-order valence-electron chi connectivity index (χ2n) is 7.53. The zero-order chi connectivity index (χ0) is 24.2. The molecule has 0 aliphatic carbocycles. The average Bonchev–Trinajstić information content (AvgIpc) is 3.18. The summed E-state index contributed by atoms with van der Waals surface area (Å²) >= 11 is 12.1. The van der Waals surface area contributed by atoms with Crippen LogP contribution >= 0.6 is 23.2 Å². The number of nitrogens with zero attached hydrogens (tertiary/aromatic N) is 2. The predicted octanol–water partition coefficient (Wildman–Crippen LogP) is 5.30. The Balaban J connectivity index is 1.67. The standard InChI is InChI=1S/C26H18Cl2N4O2/c1-15(16-7-3-2-4-8-16)30-26(34)21(14-29)23-18-9-5-6-10-19(18)24(31-23)32-25(33)20-12-11-17(27)13-22(20)28/h2-13,15H,1H3,(H,30,34)(H,31,32,33)/b23-21-. The van der Waals surface area contributed by atoms with Crippen molar-refractivity contribution in [1.82, 2.24) is 10.6 Å². The Labute approximate surface area is 206 Å². The normalized spacial score (nSPS) is 14.4. The third kappa shape index (κ3) is 4.72. The molecule has 0 fully saturated rings. The summed E-state index contributed by atoms with van der Waals surface area (Å²) in [6.45, 7) is 1.83. The molecule has 1 aliphatic rings. The largest absolute Gasteiger partial charge is 0.345 e. The van der Waals surface area contributed by atoms with Crippen LogP contribution in [-0.4, -0.2) is 17.6 Å². The predicted molar refractivity (Wildman–Crippen MR) is 132 cm³/mol. The van der Waals surface area contributed by atoms with E-state index < -0.39 is 11.8 Å². The van der Waals surface area contributed by atoms with Gasteiger partial charge in [-0.15, -0.1) is 0 Å². The van der Waals surface area contributed by atoms with Crippen LogP contribution in [0.1, 0.15) is 40.0 Å². The average molecular weight is 489 g/mol. The lowest BCUT2D eigenvalue weighted by Gasteiger charge is -2.14. The van der Waals surface area contributed by atoms with Crippen molar-refractivity contribution in [3.63, 3.8) is 0 Å². The van der Waals surface area contributed by atoms with Gasteiger partial charge in [0.1, 0.15) is 17.5 Å². The Morgan fingerprint density at radius 1 is 0.971 bits per heavy atom. The number of nitriles is 1. The van der Waals surface area contributed by atoms with Crippen LogP contribution in [0.4, 0.5) is 0 Å². The number of nitrogens with one attached hydrogen (secondary N) is 2. The van der Waals surface area contributed by atoms with Gasteiger partial charge < -0.3 is 10.6 Å². The molecule has 168 valence electrons. The van der Waals surface area contributed by atoms with Crippen molar-refractivity contribution in [2.24, 2.45) is 4.99 Å². The molecule has 0 aromatic heterocycles. The smallest absolute Gasteiger partial charge is 0.264 e. The van der Waals surface area contributed by atoms with Gasteiger partial charge >= 0.3 is 0 Å². The molecule has 4 rings (SSSR count). The van der Waals surface area contributed by atoms with Crippen LogP contribution in [0.5, 0.6) is 0 Å². The van der Waals surface area contributed by atoms with E-state index in [-0.39, 0.29) is 33.7 Å². The third-order valence-corrected chi connectivity index (χ3v) is 5.84. The highest BCUT2D eigenvalue weighted by Gasteiger charge is 2.28. The maximum absolute atomic E-state index is 13.0. The minimum Gasteiger partial charge on any atom is -0.345 e. The first-order chi connectivity index (χ1) is 16.4. The summed E-state index contributed by atoms with van der Waals surface area (Å²) in [5.41, 5.74) is 2.32. The Kier molecular flexibility index (Phi) is 6.78. The number of halogens is 2. The number of carbonyl (C=O) groups is 2. The van der Waals surface area contributed by atoms with Crippen LogP contribution < -0.4 is 10.6 Å². The van der Waals surface area contributed by atoms with Crippen molar-refractivity contribution >= 4 is 46.5 Å². The number of aliphatic imine (C=N–C) groups is 1. The first-order valence-electron chi connectivity index (χ1n) is 10.3. The number of fused-ring (bicyclic) bond motifs is 1. The van der Waals surface area contributed by atoms with Gasteiger partial charge in [0, 0.05) is 16.1 Å². The van der Waals surface area contributed by atoms with Gasteiger partial charge in [-0.25, -0.2) is 4.99 Å². The highest BCUT2D eigenvalue weighted by atomic mass is 35.5. The van der Waals surface area contributed by atoms with E-state index in [0.29, 0.717) is 16.1 Å². The van der Waals surface area contributed by atoms with Gasteiger partial charge in [-0.2, -0.15) is 5.26 Å². The number of hydrogen-bond acceptors (Lipinski definition) is 4. The fourth-order valence-electron chi connectivity index (χ4n) is 3.57. The Morgan fingerprint density at radius 3 is 2.32 bits per heavy atom. The van der Waals surface area contributed by atoms with Crippen molar-refractivity contribution in [2.75, 3.05) is 0 Å². The van der Waals surface area contributed by atoms with E-state index in [0.717, 1.165) is 5.56 Å². The van der Waals surface area contributed by atoms with Gasteiger partial charge in [0.25, 0.3) is 11.8 Å². The molecule has 8 heteroatoms. The summed E-state index contributed by atoms with van der Waals surface area (Å²) in [5.74, 6) is -0.823. The molecule has 2 N–H and O–H groups in total. The highest BCUT2D eigenvalue weighted by Crippen LogP contribution is 2.31. The van der Waals surface area contributed by atoms with Crippen LogP contribution in [-0.2, 0) is 4.79 Å². The summed E-state index contributed by atoms with van der Waals surface area (Å²) in [4.78, 5) is 30.3. The maximum atomic E-state index is 13.0. The summed E-state index contributed by atoms with van der Waals surface area (Å²) in [5, 5.41) is 16.0. The van der Waals surface area contributed by atoms with Crippen molar-refractivity contribution in [2.45, 2.75) is 13.0 Å². The maximum Gasteiger partial charge on any atom is 0.264 e. The number of amides is 2. The van der Waals surface area contributed by atoms with E-state index in [1.165, 1.54) is 12.1 Å². The number of hydrogen-bond donors (Lipinski definition) is 2. The Hall–Kier alpha value is -3.92. The van der Waals surface area contributed by atoms with Crippen LogP contribution in [0.25, 0.3) is 5.70 Å². The molecule has 34 heavy (non-hydrogen) atoms. The molecule has 1 aliphatic heterocycles. The molecule has 1 atom stereocenters. The molecule has 0 radical (unpaired) electrons. The number of rotatable bonds is 4. The van der Waals surface area contributed by atoms with Crippen LogP contribution in [0.3, 0.4) is 0 Å². The van der Waals surface area contributed by atoms with Gasteiger partial charge in [0.05, 0.1) is 22.3 Å². The van der Waals surface area contributed by atoms with Gasteiger partial charge in [0.2, 0.25) is 0 Å². The molecule has 0 spiro atoms. The quantitative estimate of drug-likeness (QED) is 0.385. The van der Waals surface area contributed by atoms with Gasteiger partial charge in [0.15, 0.2) is 0 Å². The molecule has 3 aromatic rings. The SMILES string of the molecule is CC(NC(=O)/C(C#N)=C1\N=C(NC(=O)c2ccc(Cl)cc2Cl)c2ccccc21)c1ccccc1. The zero-order valence-corrected chi connectivity index (χ0v) is 19.5. The molecule has 2 amide bonds. The lowest BCUT2D eigenvalue weighted by molar-refractivity contribution is -0.117. The summed E-state index contributed by atoms with van der Waals surface area (Å²) in [6, 6.07) is 22.7. The molecular weight excluding hydrogens is 471 g/mol. The minimum absolute atomic E-state index is 0.149. The lowest BCUT2D eigenvalue weighted by atomic mass is 10.0. The van der Waals surface area contributed by atoms with E-state index in [1.54, 1.807) is 30.3 Å². The van der Waals surface area contributed by atoms with Gasteiger partial charge in [-0.1, -0.05) is 77.8 Å². The minimum atomic E-state index is -0.555. The molecule has 1 unspecified atom stereocenters. The second kappa shape index (κ2) is 9.92. The monoisotopic (exact) mass is 488 g/mol. The van der Waals surface area contributed by atoms with Crippen molar-refractivity contribution in [3.8, 4) is 6.07 Å². The zero-order valence-electron chi connectivity index (χ0n) is 18.0. The Morgan fingerprint density at radius 2 is 1.65 bits per heavy atom. The summed E-state index contributed by atoms with van der Waals surface area (Å²) in [6.07, 6.45) is 0. The number of carbonyl (C=O) groups excluding carboxylic acids is 2. The lowest BCUT2D eigenvalue weighted by Crippen LogP contribution is -2.30. The van der Waals surface area contributed by atoms with E-state index in [1.807, 2.05) is 43.3 Å². The van der Waals surface area contributed by atoms with Gasteiger partial charge in [-0.3, -0.25) is 9.59 Å². The number of amidine groups is 1. The Bertz CT molecular complexity index is 1390. The molecule has 0 bridgehead atoms. The third-order valence-electron chi connectivity index (χ3n) is 5.29. The second-order valence-corrected chi connectivity index (χ2v) is 8.37. The van der Waals surface area contributed by atoms with Gasteiger partial charge in [-0.05, 0) is 30.7 Å². The molecule has 0 saturated carbocycles. The first kappa shape index (κ1) is 23.2. The van der Waals surface area contributed by atoms with E-state index >= 15 is 0 Å². The molecule has 3 aromatic carbocycles. The number of benzene rings is 3. The van der Waals surface area contributed by atoms with Crippen LogP contribution in [0.2, 0.25) is 10.0 Å².